The second-order valence-corrected chi connectivity index (χ2v) is 6.58. The van der Waals surface area contributed by atoms with E-state index < -0.39 is 0 Å². The van der Waals surface area contributed by atoms with Crippen LogP contribution in [0.5, 0.6) is 0 Å². The van der Waals surface area contributed by atoms with Crippen LogP contribution in [0.3, 0.4) is 0 Å². The van der Waals surface area contributed by atoms with Crippen molar-refractivity contribution in [3.8, 4) is 0 Å². The number of carbonyl (C=O) groups is 1. The van der Waals surface area contributed by atoms with E-state index >= 15 is 0 Å². The average Bonchev–Trinajstić information content (AvgIpc) is 2.19. The zero-order chi connectivity index (χ0) is 11.5. The van der Waals surface area contributed by atoms with Gasteiger partial charge in [0.1, 0.15) is 0 Å². The highest BCUT2D eigenvalue weighted by molar-refractivity contribution is 14.1. The fourth-order valence-electron chi connectivity index (χ4n) is 1.66. The third-order valence-corrected chi connectivity index (χ3v) is 4.10. The molecule has 2 unspecified atom stereocenters. The van der Waals surface area contributed by atoms with Crippen molar-refractivity contribution in [1.82, 2.24) is 0 Å². The lowest BCUT2D eigenvalue weighted by Crippen LogP contribution is -2.34. The number of rotatable bonds is 3. The molecule has 0 aromatic heterocycles. The highest BCUT2D eigenvalue weighted by atomic mass is 127. The second kappa shape index (κ2) is 4.99. The van der Waals surface area contributed by atoms with Crippen LogP contribution in [0.15, 0.2) is 16.8 Å². The number of allylic oxidation sites excluding steroid dienone is 2. The number of hydrogen-bond donors (Lipinski definition) is 0. The molecule has 4 nitrogen and oxygen atoms in total. The van der Waals surface area contributed by atoms with E-state index in [1.54, 1.807) is 0 Å². The Hall–Kier alpha value is -0.550. The van der Waals surface area contributed by atoms with Crippen molar-refractivity contribution in [3.05, 3.63) is 22.1 Å². The van der Waals surface area contributed by atoms with Crippen LogP contribution < -0.4 is 0 Å². The molecule has 2 atom stereocenters. The van der Waals surface area contributed by atoms with E-state index in [9.17, 15) is 4.79 Å². The summed E-state index contributed by atoms with van der Waals surface area (Å²) in [5.74, 6) is 0.495. The maximum Gasteiger partial charge on any atom is 0.158 e. The normalized spacial score (nSPS) is 25.1. The molecule has 82 valence electrons. The van der Waals surface area contributed by atoms with E-state index in [-0.39, 0.29) is 15.1 Å². The van der Waals surface area contributed by atoms with Crippen LogP contribution in [-0.2, 0) is 4.79 Å². The van der Waals surface area contributed by atoms with Gasteiger partial charge in [-0.1, -0.05) is 40.7 Å². The zero-order valence-corrected chi connectivity index (χ0v) is 11.1. The summed E-state index contributed by atoms with van der Waals surface area (Å²) in [5.41, 5.74) is 9.16. The molecule has 0 bridgehead atoms. The minimum absolute atomic E-state index is 0.128. The molecular formula is C10H14IN3O. The lowest BCUT2D eigenvalue weighted by molar-refractivity contribution is -0.117. The van der Waals surface area contributed by atoms with Crippen LogP contribution >= 0.6 is 22.6 Å². The van der Waals surface area contributed by atoms with Crippen molar-refractivity contribution < 1.29 is 4.79 Å². The standard InChI is InChI=1S/C10H14IN3O/c1-7-3-4-8(5-9(7)15)10(2,11)6-13-14-12/h3,8H,4-6H2,1-2H3. The molecule has 0 radical (unpaired) electrons. The van der Waals surface area contributed by atoms with E-state index in [1.807, 2.05) is 19.9 Å². The molecule has 0 fully saturated rings. The highest BCUT2D eigenvalue weighted by Gasteiger charge is 2.33. The Morgan fingerprint density at radius 3 is 3.00 bits per heavy atom. The van der Waals surface area contributed by atoms with E-state index in [4.69, 9.17) is 5.53 Å². The van der Waals surface area contributed by atoms with Gasteiger partial charge in [-0.25, -0.2) is 0 Å². The van der Waals surface area contributed by atoms with Gasteiger partial charge in [0.2, 0.25) is 0 Å². The fourth-order valence-corrected chi connectivity index (χ4v) is 2.29. The number of hydrogen-bond acceptors (Lipinski definition) is 2. The van der Waals surface area contributed by atoms with Crippen molar-refractivity contribution in [1.29, 1.82) is 0 Å². The first-order chi connectivity index (χ1) is 6.97. The molecule has 1 rings (SSSR count). The van der Waals surface area contributed by atoms with Gasteiger partial charge in [-0.05, 0) is 30.4 Å². The number of azide groups is 1. The van der Waals surface area contributed by atoms with Gasteiger partial charge in [-0.15, -0.1) is 0 Å². The van der Waals surface area contributed by atoms with Gasteiger partial charge in [-0.3, -0.25) is 4.79 Å². The SMILES string of the molecule is CC1=CCC(C(C)(I)CN=[N+]=[N-])CC1=O. The minimum Gasteiger partial charge on any atom is -0.295 e. The molecule has 0 saturated heterocycles. The zero-order valence-electron chi connectivity index (χ0n) is 8.90. The van der Waals surface area contributed by atoms with E-state index in [1.165, 1.54) is 0 Å². The molecule has 1 aliphatic rings. The summed E-state index contributed by atoms with van der Waals surface area (Å²) < 4.78 is -0.128. The third kappa shape index (κ3) is 3.21. The van der Waals surface area contributed by atoms with Gasteiger partial charge in [0.15, 0.2) is 5.78 Å². The molecule has 0 spiro atoms. The Balaban J connectivity index is 2.73. The summed E-state index contributed by atoms with van der Waals surface area (Å²) >= 11 is 2.29. The first-order valence-electron chi connectivity index (χ1n) is 4.87. The molecule has 15 heavy (non-hydrogen) atoms. The molecule has 0 heterocycles. The van der Waals surface area contributed by atoms with Crippen LogP contribution in [0.2, 0.25) is 0 Å². The summed E-state index contributed by atoms with van der Waals surface area (Å²) in [7, 11) is 0. The topological polar surface area (TPSA) is 65.8 Å². The Labute approximate surface area is 103 Å². The molecule has 5 heteroatoms. The molecule has 0 saturated carbocycles. The van der Waals surface area contributed by atoms with Crippen LogP contribution in [0.4, 0.5) is 0 Å². The van der Waals surface area contributed by atoms with Crippen molar-refractivity contribution in [2.24, 2.45) is 11.0 Å². The number of carbonyl (C=O) groups excluding carboxylic acids is 1. The number of alkyl halides is 1. The van der Waals surface area contributed by atoms with E-state index in [2.05, 4.69) is 32.6 Å². The molecule has 0 aromatic carbocycles. The van der Waals surface area contributed by atoms with Crippen LogP contribution in [0.1, 0.15) is 26.7 Å². The van der Waals surface area contributed by atoms with Gasteiger partial charge < -0.3 is 0 Å². The molecule has 0 N–H and O–H groups in total. The van der Waals surface area contributed by atoms with Gasteiger partial charge in [-0.2, -0.15) is 0 Å². The van der Waals surface area contributed by atoms with Crippen molar-refractivity contribution in [3.63, 3.8) is 0 Å². The lowest BCUT2D eigenvalue weighted by atomic mass is 9.81. The molecular weight excluding hydrogens is 305 g/mol. The van der Waals surface area contributed by atoms with Gasteiger partial charge in [0.05, 0.1) is 0 Å². The molecule has 1 aliphatic carbocycles. The quantitative estimate of drug-likeness (QED) is 0.258. The van der Waals surface area contributed by atoms with Crippen molar-refractivity contribution in [2.45, 2.75) is 30.1 Å². The predicted molar refractivity (Wildman–Crippen MR) is 67.9 cm³/mol. The van der Waals surface area contributed by atoms with Crippen LogP contribution in [0, 0.1) is 5.92 Å². The number of halogens is 1. The summed E-state index contributed by atoms with van der Waals surface area (Å²) in [6, 6.07) is 0. The van der Waals surface area contributed by atoms with Crippen molar-refractivity contribution in [2.75, 3.05) is 6.54 Å². The highest BCUT2D eigenvalue weighted by Crippen LogP contribution is 2.37. The Bertz CT molecular complexity index is 343. The molecule has 0 aromatic rings. The maximum absolute atomic E-state index is 11.5. The first-order valence-corrected chi connectivity index (χ1v) is 5.95. The predicted octanol–water partition coefficient (Wildman–Crippen LogP) is 3.42. The van der Waals surface area contributed by atoms with Crippen LogP contribution in [0.25, 0.3) is 10.4 Å². The Kier molecular flexibility index (Phi) is 4.16. The minimum atomic E-state index is -0.128. The maximum atomic E-state index is 11.5. The largest absolute Gasteiger partial charge is 0.295 e. The van der Waals surface area contributed by atoms with E-state index in [0.717, 1.165) is 12.0 Å². The van der Waals surface area contributed by atoms with Gasteiger partial charge in [0.25, 0.3) is 0 Å². The van der Waals surface area contributed by atoms with Crippen molar-refractivity contribution >= 4 is 28.4 Å². The summed E-state index contributed by atoms with van der Waals surface area (Å²) in [4.78, 5) is 14.3. The Morgan fingerprint density at radius 1 is 1.80 bits per heavy atom. The Morgan fingerprint density at radius 2 is 2.47 bits per heavy atom. The summed E-state index contributed by atoms with van der Waals surface area (Å²) in [6.45, 7) is 4.33. The van der Waals surface area contributed by atoms with E-state index in [0.29, 0.717) is 13.0 Å². The summed E-state index contributed by atoms with van der Waals surface area (Å²) in [5, 5.41) is 3.60. The smallest absolute Gasteiger partial charge is 0.158 e. The average molecular weight is 319 g/mol. The molecule has 0 aliphatic heterocycles. The molecule has 0 amide bonds. The second-order valence-electron chi connectivity index (χ2n) is 4.11. The third-order valence-electron chi connectivity index (χ3n) is 2.87. The summed E-state index contributed by atoms with van der Waals surface area (Å²) in [6.07, 6.45) is 3.46. The fraction of sp³-hybridized carbons (Fsp3) is 0.700. The number of Topliss-reactive ketones (excluding diaryl/α,β-unsaturated/α-hetero) is 1. The van der Waals surface area contributed by atoms with Crippen LogP contribution in [-0.4, -0.2) is 15.7 Å². The lowest BCUT2D eigenvalue weighted by Gasteiger charge is -2.32. The first kappa shape index (κ1) is 12.5. The van der Waals surface area contributed by atoms with Gasteiger partial charge >= 0.3 is 0 Å². The number of nitrogens with zero attached hydrogens (tertiary/aromatic N) is 3. The van der Waals surface area contributed by atoms with Gasteiger partial charge in [0, 0.05) is 21.3 Å². The number of ketones is 1. The monoisotopic (exact) mass is 319 g/mol.